The fraction of sp³-hybridized carbons (Fsp3) is 0.440. The number of carbonyl (C=O) groups is 1. The summed E-state index contributed by atoms with van der Waals surface area (Å²) in [7, 11) is 1.77. The Labute approximate surface area is 188 Å². The van der Waals surface area contributed by atoms with Gasteiger partial charge in [0.15, 0.2) is 0 Å². The molecule has 0 radical (unpaired) electrons. The van der Waals surface area contributed by atoms with E-state index in [1.165, 1.54) is 11.1 Å². The predicted octanol–water partition coefficient (Wildman–Crippen LogP) is 3.62. The number of aryl methyl sites for hydroxylation is 1. The van der Waals surface area contributed by atoms with Crippen LogP contribution < -0.4 is 5.32 Å². The lowest BCUT2D eigenvalue weighted by Gasteiger charge is -2.39. The molecule has 2 saturated heterocycles. The number of hydrogen-bond donors (Lipinski definition) is 1. The highest BCUT2D eigenvalue weighted by atomic mass is 16.5. The molecule has 7 heteroatoms. The summed E-state index contributed by atoms with van der Waals surface area (Å²) in [4.78, 5) is 14.8. The zero-order valence-corrected chi connectivity index (χ0v) is 18.5. The highest BCUT2D eigenvalue weighted by Gasteiger charge is 2.42. The lowest BCUT2D eigenvalue weighted by atomic mass is 9.88. The Hall–Kier alpha value is -2.90. The van der Waals surface area contributed by atoms with E-state index in [0.29, 0.717) is 12.2 Å². The van der Waals surface area contributed by atoms with Crippen molar-refractivity contribution in [3.05, 3.63) is 66.2 Å². The van der Waals surface area contributed by atoms with Crippen LogP contribution in [0.15, 0.2) is 59.3 Å². The first-order chi connectivity index (χ1) is 15.6. The smallest absolute Gasteiger partial charge is 0.269 e. The number of nitrogens with zero attached hydrogens (tertiary/aromatic N) is 3. The Morgan fingerprint density at radius 3 is 2.75 bits per heavy atom. The second-order valence-electron chi connectivity index (χ2n) is 8.92. The molecule has 0 bridgehead atoms. The maximum atomic E-state index is 12.3. The fourth-order valence-electron chi connectivity index (χ4n) is 4.99. The molecule has 4 heterocycles. The number of amides is 1. The van der Waals surface area contributed by atoms with Crippen molar-refractivity contribution in [2.45, 2.75) is 43.9 Å². The van der Waals surface area contributed by atoms with E-state index in [2.05, 4.69) is 39.6 Å². The van der Waals surface area contributed by atoms with Gasteiger partial charge in [-0.2, -0.15) is 5.10 Å². The van der Waals surface area contributed by atoms with E-state index in [0.717, 1.165) is 51.1 Å². The maximum Gasteiger partial charge on any atom is 0.269 e. The van der Waals surface area contributed by atoms with Gasteiger partial charge >= 0.3 is 0 Å². The standard InChI is InChI=1S/C25H30N4O3/c1-28-22(9-13-27-28)24(30)26-17-20-8-10-25(32-20)11-14-29(15-12-25)18-19-5-2-3-6-21(19)23-7-4-16-31-23/h2-7,9,13,16,20H,8,10-12,14-15,17-18H2,1H3,(H,26,30)/t20-/m0/s1. The largest absolute Gasteiger partial charge is 0.464 e. The zero-order chi connectivity index (χ0) is 22.0. The quantitative estimate of drug-likeness (QED) is 0.642. The number of furan rings is 1. The molecular weight excluding hydrogens is 404 g/mol. The second kappa shape index (κ2) is 8.92. The lowest BCUT2D eigenvalue weighted by molar-refractivity contribution is -0.0764. The summed E-state index contributed by atoms with van der Waals surface area (Å²) in [6.07, 6.45) is 7.56. The molecule has 3 aromatic rings. The molecule has 32 heavy (non-hydrogen) atoms. The maximum absolute atomic E-state index is 12.3. The number of nitrogens with one attached hydrogen (secondary N) is 1. The van der Waals surface area contributed by atoms with Crippen molar-refractivity contribution in [2.75, 3.05) is 19.6 Å². The van der Waals surface area contributed by atoms with Gasteiger partial charge in [-0.3, -0.25) is 14.4 Å². The Morgan fingerprint density at radius 2 is 2.00 bits per heavy atom. The van der Waals surface area contributed by atoms with Gasteiger partial charge in [-0.25, -0.2) is 0 Å². The molecule has 1 aromatic carbocycles. The summed E-state index contributed by atoms with van der Waals surface area (Å²) < 4.78 is 13.7. The van der Waals surface area contributed by atoms with E-state index in [9.17, 15) is 4.79 Å². The van der Waals surface area contributed by atoms with Gasteiger partial charge in [0.25, 0.3) is 5.91 Å². The van der Waals surface area contributed by atoms with Gasteiger partial charge in [0.05, 0.1) is 18.0 Å². The summed E-state index contributed by atoms with van der Waals surface area (Å²) in [5.74, 6) is 0.823. The lowest BCUT2D eigenvalue weighted by Crippen LogP contribution is -2.45. The van der Waals surface area contributed by atoms with Crippen LogP contribution in [0.5, 0.6) is 0 Å². The van der Waals surface area contributed by atoms with Crippen LogP contribution in [0.2, 0.25) is 0 Å². The molecule has 2 aromatic heterocycles. The van der Waals surface area contributed by atoms with E-state index in [1.54, 1.807) is 30.3 Å². The molecular formula is C25H30N4O3. The predicted molar refractivity (Wildman–Crippen MR) is 121 cm³/mol. The first-order valence-electron chi connectivity index (χ1n) is 11.4. The first kappa shape index (κ1) is 21.0. The third-order valence-corrected chi connectivity index (χ3v) is 6.85. The third-order valence-electron chi connectivity index (χ3n) is 6.85. The van der Waals surface area contributed by atoms with Gasteiger partial charge in [-0.15, -0.1) is 0 Å². The van der Waals surface area contributed by atoms with Crippen LogP contribution in [-0.4, -0.2) is 51.9 Å². The van der Waals surface area contributed by atoms with Gasteiger partial charge in [0, 0.05) is 45.0 Å². The van der Waals surface area contributed by atoms with Crippen LogP contribution in [0.1, 0.15) is 41.7 Å². The monoisotopic (exact) mass is 434 g/mol. The summed E-state index contributed by atoms with van der Waals surface area (Å²) in [6.45, 7) is 3.49. The Kier molecular flexibility index (Phi) is 5.85. The topological polar surface area (TPSA) is 72.5 Å². The minimum Gasteiger partial charge on any atom is -0.464 e. The number of benzene rings is 1. The first-order valence-corrected chi connectivity index (χ1v) is 11.4. The van der Waals surface area contributed by atoms with Crippen molar-refractivity contribution >= 4 is 5.91 Å². The number of ether oxygens (including phenoxy) is 1. The van der Waals surface area contributed by atoms with E-state index >= 15 is 0 Å². The van der Waals surface area contributed by atoms with E-state index in [-0.39, 0.29) is 17.6 Å². The van der Waals surface area contributed by atoms with Crippen LogP contribution >= 0.6 is 0 Å². The van der Waals surface area contributed by atoms with E-state index in [4.69, 9.17) is 9.15 Å². The summed E-state index contributed by atoms with van der Waals surface area (Å²) in [5, 5.41) is 7.06. The number of aromatic nitrogens is 2. The summed E-state index contributed by atoms with van der Waals surface area (Å²) in [5.41, 5.74) is 2.99. The van der Waals surface area contributed by atoms with Crippen LogP contribution in [0.4, 0.5) is 0 Å². The highest BCUT2D eigenvalue weighted by molar-refractivity contribution is 5.92. The molecule has 2 fully saturated rings. The molecule has 0 aliphatic carbocycles. The number of carbonyl (C=O) groups excluding carboxylic acids is 1. The van der Waals surface area contributed by atoms with Crippen molar-refractivity contribution in [1.82, 2.24) is 20.0 Å². The van der Waals surface area contributed by atoms with Crippen molar-refractivity contribution in [2.24, 2.45) is 7.05 Å². The van der Waals surface area contributed by atoms with Crippen molar-refractivity contribution in [1.29, 1.82) is 0 Å². The average Bonchev–Trinajstić information content (AvgIpc) is 3.56. The Balaban J connectivity index is 1.13. The molecule has 1 N–H and O–H groups in total. The van der Waals surface area contributed by atoms with E-state index in [1.807, 2.05) is 12.1 Å². The number of rotatable bonds is 6. The fourth-order valence-corrected chi connectivity index (χ4v) is 4.99. The van der Waals surface area contributed by atoms with Crippen molar-refractivity contribution in [3.8, 4) is 11.3 Å². The SMILES string of the molecule is Cn1nccc1C(=O)NC[C@@H]1CCC2(CCN(Cc3ccccc3-c3ccco3)CC2)O1. The molecule has 5 rings (SSSR count). The summed E-state index contributed by atoms with van der Waals surface area (Å²) in [6, 6.07) is 14.2. The number of piperidine rings is 1. The third kappa shape index (κ3) is 4.36. The average molecular weight is 435 g/mol. The highest BCUT2D eigenvalue weighted by Crippen LogP contribution is 2.39. The molecule has 1 atom stereocenters. The molecule has 2 aliphatic rings. The van der Waals surface area contributed by atoms with Gasteiger partial charge < -0.3 is 14.5 Å². The van der Waals surface area contributed by atoms with Crippen LogP contribution in [0.25, 0.3) is 11.3 Å². The van der Waals surface area contributed by atoms with Gasteiger partial charge in [0.1, 0.15) is 11.5 Å². The minimum atomic E-state index is -0.0976. The Bertz CT molecular complexity index is 1050. The number of likely N-dealkylation sites (tertiary alicyclic amines) is 1. The summed E-state index contributed by atoms with van der Waals surface area (Å²) >= 11 is 0. The molecule has 168 valence electrons. The molecule has 0 unspecified atom stereocenters. The minimum absolute atomic E-state index is 0.0427. The molecule has 0 saturated carbocycles. The molecule has 1 spiro atoms. The van der Waals surface area contributed by atoms with Crippen LogP contribution in [0.3, 0.4) is 0 Å². The number of hydrogen-bond acceptors (Lipinski definition) is 5. The molecule has 2 aliphatic heterocycles. The van der Waals surface area contributed by atoms with E-state index < -0.39 is 0 Å². The second-order valence-corrected chi connectivity index (χ2v) is 8.92. The van der Waals surface area contributed by atoms with Gasteiger partial charge in [-0.05, 0) is 49.4 Å². The van der Waals surface area contributed by atoms with Crippen molar-refractivity contribution < 1.29 is 13.9 Å². The zero-order valence-electron chi connectivity index (χ0n) is 18.5. The molecule has 7 nitrogen and oxygen atoms in total. The molecule has 1 amide bonds. The van der Waals surface area contributed by atoms with Crippen molar-refractivity contribution in [3.63, 3.8) is 0 Å². The van der Waals surface area contributed by atoms with Crippen LogP contribution in [0, 0.1) is 0 Å². The van der Waals surface area contributed by atoms with Gasteiger partial charge in [-0.1, -0.05) is 24.3 Å². The van der Waals surface area contributed by atoms with Gasteiger partial charge in [0.2, 0.25) is 0 Å². The Morgan fingerprint density at radius 1 is 1.16 bits per heavy atom. The van der Waals surface area contributed by atoms with Crippen LogP contribution in [-0.2, 0) is 18.3 Å². The normalized spacial score (nSPS) is 20.6.